The molecule has 0 amide bonds. The van der Waals surface area contributed by atoms with Crippen LogP contribution in [-0.4, -0.2) is 73.9 Å². The zero-order valence-corrected chi connectivity index (χ0v) is 16.1. The first-order valence-corrected chi connectivity index (χ1v) is 9.28. The lowest BCUT2D eigenvalue weighted by Crippen LogP contribution is -2.61. The van der Waals surface area contributed by atoms with Crippen molar-refractivity contribution in [2.24, 2.45) is 0 Å². The SMILES string of the molecule is O=C(C=Cc1ccc(O)c(O)c1)OC1C(CO)OC(Oc2ccccc2O)C(O)C1O. The number of aromatic hydroxyl groups is 3. The molecule has 1 aliphatic heterocycles. The monoisotopic (exact) mass is 434 g/mol. The van der Waals surface area contributed by atoms with E-state index in [1.807, 2.05) is 0 Å². The van der Waals surface area contributed by atoms with Gasteiger partial charge >= 0.3 is 5.97 Å². The average Bonchev–Trinajstić information content (AvgIpc) is 2.75. The lowest BCUT2D eigenvalue weighted by atomic mass is 9.99. The minimum absolute atomic E-state index is 0.00836. The Hall–Kier alpha value is -3.31. The lowest BCUT2D eigenvalue weighted by molar-refractivity contribution is -0.280. The standard InChI is InChI=1S/C21H22O10/c22-10-16-20(31-17(26)8-6-11-5-7-12(23)14(25)9-11)18(27)19(28)21(30-16)29-15-4-2-1-3-13(15)24/h1-9,16,18-25,27-28H,10H2. The number of para-hydroxylation sites is 2. The number of hydrogen-bond acceptors (Lipinski definition) is 10. The van der Waals surface area contributed by atoms with Crippen molar-refractivity contribution >= 4 is 12.0 Å². The second-order valence-electron chi connectivity index (χ2n) is 6.78. The first kappa shape index (κ1) is 22.4. The Morgan fingerprint density at radius 2 is 1.74 bits per heavy atom. The van der Waals surface area contributed by atoms with E-state index in [4.69, 9.17) is 14.2 Å². The smallest absolute Gasteiger partial charge is 0.331 e. The van der Waals surface area contributed by atoms with Crippen molar-refractivity contribution in [3.05, 3.63) is 54.1 Å². The van der Waals surface area contributed by atoms with Crippen LogP contribution in [0, 0.1) is 0 Å². The Kier molecular flexibility index (Phi) is 6.98. The molecule has 0 bridgehead atoms. The summed E-state index contributed by atoms with van der Waals surface area (Å²) in [6.45, 7) is -0.655. The van der Waals surface area contributed by atoms with Gasteiger partial charge in [0.15, 0.2) is 29.1 Å². The summed E-state index contributed by atoms with van der Waals surface area (Å²) in [4.78, 5) is 12.2. The highest BCUT2D eigenvalue weighted by Crippen LogP contribution is 2.31. The molecule has 10 heteroatoms. The van der Waals surface area contributed by atoms with Gasteiger partial charge < -0.3 is 44.8 Å². The molecular weight excluding hydrogens is 412 g/mol. The molecule has 0 saturated carbocycles. The van der Waals surface area contributed by atoms with Gasteiger partial charge in [-0.25, -0.2) is 4.79 Å². The fourth-order valence-electron chi connectivity index (χ4n) is 2.96. The van der Waals surface area contributed by atoms with Crippen LogP contribution in [0.1, 0.15) is 5.56 Å². The van der Waals surface area contributed by atoms with Crippen LogP contribution >= 0.6 is 0 Å². The molecular formula is C21H22O10. The van der Waals surface area contributed by atoms with Crippen LogP contribution in [0.4, 0.5) is 0 Å². The molecule has 1 heterocycles. The fraction of sp³-hybridized carbons (Fsp3) is 0.286. The third-order valence-corrected chi connectivity index (χ3v) is 4.59. The van der Waals surface area contributed by atoms with Crippen molar-refractivity contribution < 1.29 is 49.6 Å². The topological polar surface area (TPSA) is 166 Å². The molecule has 1 saturated heterocycles. The number of benzene rings is 2. The summed E-state index contributed by atoms with van der Waals surface area (Å²) in [7, 11) is 0. The van der Waals surface area contributed by atoms with Gasteiger partial charge in [0.2, 0.25) is 6.29 Å². The van der Waals surface area contributed by atoms with Crippen molar-refractivity contribution in [3.8, 4) is 23.0 Å². The number of phenols is 3. The molecule has 0 aromatic heterocycles. The van der Waals surface area contributed by atoms with E-state index in [9.17, 15) is 35.4 Å². The third-order valence-electron chi connectivity index (χ3n) is 4.59. The van der Waals surface area contributed by atoms with Crippen LogP contribution < -0.4 is 4.74 Å². The summed E-state index contributed by atoms with van der Waals surface area (Å²) in [6.07, 6.45) is -5.07. The number of esters is 1. The molecule has 6 N–H and O–H groups in total. The number of carbonyl (C=O) groups is 1. The Bertz CT molecular complexity index is 942. The van der Waals surface area contributed by atoms with Crippen molar-refractivity contribution in [2.45, 2.75) is 30.7 Å². The predicted molar refractivity (Wildman–Crippen MR) is 105 cm³/mol. The Balaban J connectivity index is 1.67. The van der Waals surface area contributed by atoms with Gasteiger partial charge in [-0.3, -0.25) is 0 Å². The molecule has 5 unspecified atom stereocenters. The van der Waals surface area contributed by atoms with E-state index in [0.717, 1.165) is 6.08 Å². The van der Waals surface area contributed by atoms with Crippen molar-refractivity contribution in [1.29, 1.82) is 0 Å². The summed E-state index contributed by atoms with van der Waals surface area (Å²) in [5, 5.41) is 58.9. The minimum Gasteiger partial charge on any atom is -0.504 e. The van der Waals surface area contributed by atoms with Crippen molar-refractivity contribution in [3.63, 3.8) is 0 Å². The maximum Gasteiger partial charge on any atom is 0.331 e. The number of ether oxygens (including phenoxy) is 3. The summed E-state index contributed by atoms with van der Waals surface area (Å²) >= 11 is 0. The Morgan fingerprint density at radius 3 is 2.42 bits per heavy atom. The Labute approximate surface area is 176 Å². The van der Waals surface area contributed by atoms with E-state index in [1.54, 1.807) is 12.1 Å². The number of carbonyl (C=O) groups excluding carboxylic acids is 1. The zero-order chi connectivity index (χ0) is 22.5. The summed E-state index contributed by atoms with van der Waals surface area (Å²) in [6, 6.07) is 9.82. The lowest BCUT2D eigenvalue weighted by Gasteiger charge is -2.41. The predicted octanol–water partition coefficient (Wildman–Crippen LogP) is 0.246. The van der Waals surface area contributed by atoms with Gasteiger partial charge in [0.1, 0.15) is 18.3 Å². The molecule has 3 rings (SSSR count). The number of aliphatic hydroxyl groups is 3. The van der Waals surface area contributed by atoms with Crippen LogP contribution in [0.15, 0.2) is 48.5 Å². The van der Waals surface area contributed by atoms with E-state index in [1.165, 1.54) is 36.4 Å². The third kappa shape index (κ3) is 5.25. The number of rotatable bonds is 6. The first-order valence-electron chi connectivity index (χ1n) is 9.28. The molecule has 1 fully saturated rings. The summed E-state index contributed by atoms with van der Waals surface area (Å²) in [5.41, 5.74) is 0.391. The molecule has 5 atom stereocenters. The minimum atomic E-state index is -1.66. The van der Waals surface area contributed by atoms with Gasteiger partial charge in [0.05, 0.1) is 6.61 Å². The summed E-state index contributed by atoms with van der Waals surface area (Å²) < 4.78 is 16.0. The molecule has 31 heavy (non-hydrogen) atoms. The molecule has 0 radical (unpaired) electrons. The van der Waals surface area contributed by atoms with Gasteiger partial charge in [-0.2, -0.15) is 0 Å². The molecule has 166 valence electrons. The molecule has 10 nitrogen and oxygen atoms in total. The maximum atomic E-state index is 12.2. The van der Waals surface area contributed by atoms with E-state index >= 15 is 0 Å². The number of aliphatic hydroxyl groups excluding tert-OH is 3. The second kappa shape index (κ2) is 9.67. The highest BCUT2D eigenvalue weighted by atomic mass is 16.7. The van der Waals surface area contributed by atoms with Gasteiger partial charge in [-0.05, 0) is 35.9 Å². The van der Waals surface area contributed by atoms with Gasteiger partial charge in [-0.1, -0.05) is 18.2 Å². The quantitative estimate of drug-likeness (QED) is 0.211. The van der Waals surface area contributed by atoms with Crippen LogP contribution in [0.5, 0.6) is 23.0 Å². The van der Waals surface area contributed by atoms with Crippen LogP contribution in [-0.2, 0) is 14.3 Å². The summed E-state index contributed by atoms with van der Waals surface area (Å²) in [5.74, 6) is -1.82. The number of phenolic OH excluding ortho intramolecular Hbond substituents is 3. The van der Waals surface area contributed by atoms with E-state index in [-0.39, 0.29) is 23.0 Å². The highest BCUT2D eigenvalue weighted by molar-refractivity contribution is 5.87. The Morgan fingerprint density at radius 1 is 1.00 bits per heavy atom. The second-order valence-corrected chi connectivity index (χ2v) is 6.78. The maximum absolute atomic E-state index is 12.2. The van der Waals surface area contributed by atoms with Gasteiger partial charge in [0.25, 0.3) is 0 Å². The zero-order valence-electron chi connectivity index (χ0n) is 16.1. The van der Waals surface area contributed by atoms with E-state index < -0.39 is 43.3 Å². The average molecular weight is 434 g/mol. The molecule has 2 aromatic carbocycles. The molecule has 0 spiro atoms. The van der Waals surface area contributed by atoms with Crippen LogP contribution in [0.3, 0.4) is 0 Å². The highest BCUT2D eigenvalue weighted by Gasteiger charge is 2.47. The molecule has 1 aliphatic rings. The number of hydrogen-bond donors (Lipinski definition) is 6. The van der Waals surface area contributed by atoms with Crippen molar-refractivity contribution in [1.82, 2.24) is 0 Å². The first-order chi connectivity index (χ1) is 14.8. The molecule has 2 aromatic rings. The van der Waals surface area contributed by atoms with Gasteiger partial charge in [0, 0.05) is 6.08 Å². The van der Waals surface area contributed by atoms with Crippen LogP contribution in [0.2, 0.25) is 0 Å². The van der Waals surface area contributed by atoms with Crippen LogP contribution in [0.25, 0.3) is 6.08 Å². The van der Waals surface area contributed by atoms with Crippen molar-refractivity contribution in [2.75, 3.05) is 6.61 Å². The van der Waals surface area contributed by atoms with Gasteiger partial charge in [-0.15, -0.1) is 0 Å². The van der Waals surface area contributed by atoms with E-state index in [0.29, 0.717) is 5.56 Å². The fourth-order valence-corrected chi connectivity index (χ4v) is 2.96. The largest absolute Gasteiger partial charge is 0.504 e. The normalized spacial score (nSPS) is 26.0. The van der Waals surface area contributed by atoms with E-state index in [2.05, 4.69) is 0 Å². The molecule has 0 aliphatic carbocycles.